The van der Waals surface area contributed by atoms with Crippen LogP contribution in [0.5, 0.6) is 0 Å². The summed E-state index contributed by atoms with van der Waals surface area (Å²) < 4.78 is 43.8. The second kappa shape index (κ2) is 11.7. The van der Waals surface area contributed by atoms with E-state index in [-0.39, 0.29) is 26.0 Å². The minimum absolute atomic E-state index is 0.0999. The maximum Gasteiger partial charge on any atom is 0.370 e. The molecule has 210 valence electrons. The van der Waals surface area contributed by atoms with Crippen LogP contribution in [0.25, 0.3) is 11.2 Å². The number of esters is 1. The molecule has 1 saturated heterocycles. The lowest BCUT2D eigenvalue weighted by Gasteiger charge is -2.25. The smallest absolute Gasteiger partial charge is 0.370 e. The first kappa shape index (κ1) is 27.7. The molecule has 2 aromatic heterocycles. The highest BCUT2D eigenvalue weighted by atomic mass is 31.2. The molecular weight excluding hydrogens is 525 g/mol. The third-order valence-electron chi connectivity index (χ3n) is 6.80. The molecule has 1 aliphatic heterocycles. The van der Waals surface area contributed by atoms with E-state index in [2.05, 4.69) is 20.3 Å². The molecule has 2 aliphatic rings. The lowest BCUT2D eigenvalue weighted by Crippen LogP contribution is -2.31. The van der Waals surface area contributed by atoms with Crippen molar-refractivity contribution in [3.8, 4) is 0 Å². The van der Waals surface area contributed by atoms with Gasteiger partial charge in [0.2, 0.25) is 0 Å². The van der Waals surface area contributed by atoms with E-state index in [1.54, 1.807) is 27.1 Å². The summed E-state index contributed by atoms with van der Waals surface area (Å²) in [5.74, 6) is -1.61. The number of hydrogen-bond donors (Lipinski definition) is 1. The molecule has 3 aromatic rings. The molecular formula is C26H34N5O7P. The van der Waals surface area contributed by atoms with Crippen LogP contribution in [-0.2, 0) is 39.2 Å². The van der Waals surface area contributed by atoms with Gasteiger partial charge in [0.1, 0.15) is 12.6 Å². The number of carbonyl (C=O) groups excluding carboxylic acids is 1. The molecule has 1 saturated carbocycles. The van der Waals surface area contributed by atoms with Crippen molar-refractivity contribution in [3.63, 3.8) is 0 Å². The van der Waals surface area contributed by atoms with Gasteiger partial charge >= 0.3 is 13.6 Å². The Kier molecular flexibility index (Phi) is 8.29. The number of fused-ring (bicyclic) bond motifs is 1. The Bertz CT molecular complexity index is 1330. The minimum Gasteiger partial charge on any atom is -0.464 e. The Morgan fingerprint density at radius 2 is 1.92 bits per heavy atom. The first-order valence-corrected chi connectivity index (χ1v) is 14.9. The molecule has 2 unspecified atom stereocenters. The highest BCUT2D eigenvalue weighted by Crippen LogP contribution is 2.60. The summed E-state index contributed by atoms with van der Waals surface area (Å²) in [4.78, 5) is 26.1. The number of imidazole rings is 1. The third kappa shape index (κ3) is 5.71. The SMILES string of the molecule is CCOC(=O)C(OC1C[C@@]12CC[C@H](n1cnc3c(NCc4ccccc4)ncnc31)O2)P(=O)(OCC)OCC. The first-order valence-electron chi connectivity index (χ1n) is 13.3. The molecule has 3 heterocycles. The van der Waals surface area contributed by atoms with E-state index in [1.165, 1.54) is 6.33 Å². The zero-order chi connectivity index (χ0) is 27.5. The molecule has 1 aliphatic carbocycles. The van der Waals surface area contributed by atoms with Gasteiger partial charge in [0.15, 0.2) is 17.0 Å². The highest BCUT2D eigenvalue weighted by molar-refractivity contribution is 7.55. The Morgan fingerprint density at radius 1 is 1.15 bits per heavy atom. The van der Waals surface area contributed by atoms with E-state index in [0.29, 0.717) is 42.8 Å². The van der Waals surface area contributed by atoms with Gasteiger partial charge in [0.25, 0.3) is 5.85 Å². The van der Waals surface area contributed by atoms with Gasteiger partial charge in [-0.15, -0.1) is 0 Å². The van der Waals surface area contributed by atoms with Gasteiger partial charge in [-0.2, -0.15) is 0 Å². The second-order valence-corrected chi connectivity index (χ2v) is 11.4. The van der Waals surface area contributed by atoms with Gasteiger partial charge in [0, 0.05) is 13.0 Å². The average Bonchev–Trinajstić information content (AvgIpc) is 3.22. The van der Waals surface area contributed by atoms with E-state index in [4.69, 9.17) is 23.3 Å². The van der Waals surface area contributed by atoms with Crippen LogP contribution < -0.4 is 5.32 Å². The largest absolute Gasteiger partial charge is 0.464 e. The molecule has 1 aromatic carbocycles. The van der Waals surface area contributed by atoms with Gasteiger partial charge in [-0.25, -0.2) is 19.7 Å². The minimum atomic E-state index is -3.91. The van der Waals surface area contributed by atoms with Crippen LogP contribution in [0.4, 0.5) is 5.82 Å². The third-order valence-corrected chi connectivity index (χ3v) is 8.94. The fourth-order valence-corrected chi connectivity index (χ4v) is 6.59. The van der Waals surface area contributed by atoms with Crippen molar-refractivity contribution in [2.45, 2.75) is 70.4 Å². The van der Waals surface area contributed by atoms with E-state index in [1.807, 2.05) is 34.9 Å². The molecule has 0 radical (unpaired) electrons. The van der Waals surface area contributed by atoms with Crippen LogP contribution in [-0.4, -0.2) is 62.9 Å². The van der Waals surface area contributed by atoms with Gasteiger partial charge in [-0.3, -0.25) is 9.13 Å². The molecule has 12 nitrogen and oxygen atoms in total. The fraction of sp³-hybridized carbons (Fsp3) is 0.538. The van der Waals surface area contributed by atoms with E-state index >= 15 is 0 Å². The number of anilines is 1. The topological polar surface area (TPSA) is 136 Å². The number of benzene rings is 1. The number of rotatable bonds is 13. The summed E-state index contributed by atoms with van der Waals surface area (Å²) in [6, 6.07) is 10.0. The first-order chi connectivity index (χ1) is 18.9. The molecule has 2 fully saturated rings. The normalized spacial score (nSPS) is 23.3. The molecule has 5 rings (SSSR count). The van der Waals surface area contributed by atoms with Crippen LogP contribution in [0.2, 0.25) is 0 Å². The summed E-state index contributed by atoms with van der Waals surface area (Å²) >= 11 is 0. The molecule has 0 amide bonds. The summed E-state index contributed by atoms with van der Waals surface area (Å²) in [6.45, 7) is 5.95. The monoisotopic (exact) mass is 559 g/mol. The second-order valence-electron chi connectivity index (χ2n) is 9.37. The molecule has 1 spiro atoms. The van der Waals surface area contributed by atoms with E-state index in [9.17, 15) is 9.36 Å². The standard InChI is InChI=1S/C26H34N5O7P/c1-4-34-24(32)25(39(33,35-5-2)36-6-3)37-19-14-26(19)13-12-20(38-26)31-17-30-21-22(28-16-29-23(21)31)27-15-18-10-8-7-9-11-18/h7-11,16-17,19-20,25H,4-6,12-15H2,1-3H3,(H,27,28,29)/t19?,20-,25?,26+/m1/s1. The molecule has 0 bridgehead atoms. The fourth-order valence-electron chi connectivity index (χ4n) is 4.90. The average molecular weight is 560 g/mol. The number of aromatic nitrogens is 4. The van der Waals surface area contributed by atoms with Crippen LogP contribution in [0, 0.1) is 0 Å². The lowest BCUT2D eigenvalue weighted by atomic mass is 10.2. The van der Waals surface area contributed by atoms with Crippen molar-refractivity contribution in [1.29, 1.82) is 0 Å². The molecule has 13 heteroatoms. The van der Waals surface area contributed by atoms with Gasteiger partial charge in [-0.05, 0) is 39.2 Å². The van der Waals surface area contributed by atoms with Crippen molar-refractivity contribution >= 4 is 30.5 Å². The van der Waals surface area contributed by atoms with Crippen molar-refractivity contribution in [2.75, 3.05) is 25.1 Å². The Labute approximate surface area is 226 Å². The van der Waals surface area contributed by atoms with Gasteiger partial charge in [-0.1, -0.05) is 30.3 Å². The number of ether oxygens (including phenoxy) is 3. The zero-order valence-electron chi connectivity index (χ0n) is 22.3. The van der Waals surface area contributed by atoms with Crippen molar-refractivity contribution < 1.29 is 32.6 Å². The van der Waals surface area contributed by atoms with Gasteiger partial charge < -0.3 is 28.6 Å². The summed E-state index contributed by atoms with van der Waals surface area (Å²) in [5.41, 5.74) is 1.82. The van der Waals surface area contributed by atoms with E-state index < -0.39 is 31.1 Å². The van der Waals surface area contributed by atoms with E-state index in [0.717, 1.165) is 5.56 Å². The van der Waals surface area contributed by atoms with Crippen LogP contribution in [0.1, 0.15) is 51.8 Å². The molecule has 1 N–H and O–H groups in total. The summed E-state index contributed by atoms with van der Waals surface area (Å²) in [6.07, 6.45) is 4.35. The number of nitrogens with one attached hydrogen (secondary N) is 1. The molecule has 4 atom stereocenters. The number of carbonyl (C=O) groups is 1. The quantitative estimate of drug-likeness (QED) is 0.235. The van der Waals surface area contributed by atoms with Crippen LogP contribution >= 0.6 is 7.60 Å². The summed E-state index contributed by atoms with van der Waals surface area (Å²) in [7, 11) is -3.91. The maximum absolute atomic E-state index is 13.4. The predicted molar refractivity (Wildman–Crippen MR) is 142 cm³/mol. The number of nitrogens with zero attached hydrogens (tertiary/aromatic N) is 4. The maximum atomic E-state index is 13.4. The molecule has 39 heavy (non-hydrogen) atoms. The van der Waals surface area contributed by atoms with Crippen LogP contribution in [0.15, 0.2) is 43.0 Å². The van der Waals surface area contributed by atoms with Crippen LogP contribution in [0.3, 0.4) is 0 Å². The van der Waals surface area contributed by atoms with Crippen molar-refractivity contribution in [2.24, 2.45) is 0 Å². The van der Waals surface area contributed by atoms with Crippen molar-refractivity contribution in [1.82, 2.24) is 19.5 Å². The number of hydrogen-bond acceptors (Lipinski definition) is 11. The van der Waals surface area contributed by atoms with Gasteiger partial charge in [0.05, 0.1) is 37.9 Å². The Hall–Kier alpha value is -2.89. The lowest BCUT2D eigenvalue weighted by molar-refractivity contribution is -0.155. The van der Waals surface area contributed by atoms with Crippen molar-refractivity contribution in [3.05, 3.63) is 48.5 Å². The predicted octanol–water partition coefficient (Wildman–Crippen LogP) is 4.43. The Morgan fingerprint density at radius 3 is 2.64 bits per heavy atom. The summed E-state index contributed by atoms with van der Waals surface area (Å²) in [5, 5.41) is 3.34. The Balaban J connectivity index is 1.29. The highest BCUT2D eigenvalue weighted by Gasteiger charge is 2.63. The zero-order valence-corrected chi connectivity index (χ0v) is 23.2.